The lowest BCUT2D eigenvalue weighted by atomic mass is 10.1. The Morgan fingerprint density at radius 2 is 2.00 bits per heavy atom. The summed E-state index contributed by atoms with van der Waals surface area (Å²) in [4.78, 5) is 8.58. The normalized spacial score (nSPS) is 12.8. The molecule has 0 fully saturated rings. The Balaban J connectivity index is 2.31. The van der Waals surface area contributed by atoms with Gasteiger partial charge in [0.2, 0.25) is 5.95 Å². The smallest absolute Gasteiger partial charge is 0.222 e. The third-order valence-corrected chi connectivity index (χ3v) is 3.25. The standard InChI is InChI=1S/C15H22N4O/c1-4-20-9-13(10(2)3)17-14-11-7-5-6-8-12(11)18-15(16)19-14/h5-8,10,13H,4,9H2,1-3H3,(H3,16,17,18,19). The summed E-state index contributed by atoms with van der Waals surface area (Å²) < 4.78 is 5.53. The van der Waals surface area contributed by atoms with Crippen molar-refractivity contribution in [1.29, 1.82) is 0 Å². The second kappa shape index (κ2) is 6.52. The molecule has 108 valence electrons. The number of hydrogen-bond donors (Lipinski definition) is 2. The summed E-state index contributed by atoms with van der Waals surface area (Å²) >= 11 is 0. The van der Waals surface area contributed by atoms with Crippen LogP contribution in [-0.4, -0.2) is 29.2 Å². The predicted molar refractivity (Wildman–Crippen MR) is 82.7 cm³/mol. The summed E-state index contributed by atoms with van der Waals surface area (Å²) in [5.74, 6) is 1.48. The maximum atomic E-state index is 5.78. The number of ether oxygens (including phenoxy) is 1. The molecule has 0 spiro atoms. The molecule has 5 nitrogen and oxygen atoms in total. The lowest BCUT2D eigenvalue weighted by molar-refractivity contribution is 0.126. The monoisotopic (exact) mass is 274 g/mol. The van der Waals surface area contributed by atoms with Gasteiger partial charge in [-0.1, -0.05) is 26.0 Å². The van der Waals surface area contributed by atoms with Crippen molar-refractivity contribution in [3.63, 3.8) is 0 Å². The van der Waals surface area contributed by atoms with Gasteiger partial charge in [0.1, 0.15) is 5.82 Å². The molecule has 1 atom stereocenters. The van der Waals surface area contributed by atoms with Crippen molar-refractivity contribution in [3.05, 3.63) is 24.3 Å². The van der Waals surface area contributed by atoms with Gasteiger partial charge in [-0.25, -0.2) is 4.98 Å². The molecule has 1 unspecified atom stereocenters. The molecular formula is C15H22N4O. The number of para-hydroxylation sites is 1. The van der Waals surface area contributed by atoms with Gasteiger partial charge < -0.3 is 15.8 Å². The molecule has 0 bridgehead atoms. The highest BCUT2D eigenvalue weighted by Crippen LogP contribution is 2.22. The number of hydrogen-bond acceptors (Lipinski definition) is 5. The number of anilines is 2. The minimum atomic E-state index is 0.188. The Bertz CT molecular complexity index is 571. The third-order valence-electron chi connectivity index (χ3n) is 3.25. The highest BCUT2D eigenvalue weighted by molar-refractivity contribution is 5.89. The number of aromatic nitrogens is 2. The summed E-state index contributed by atoms with van der Waals surface area (Å²) in [5, 5.41) is 4.42. The maximum Gasteiger partial charge on any atom is 0.222 e. The number of fused-ring (bicyclic) bond motifs is 1. The minimum Gasteiger partial charge on any atom is -0.380 e. The number of nitrogen functional groups attached to an aromatic ring is 1. The molecule has 1 aromatic heterocycles. The number of nitrogens with zero attached hydrogens (tertiary/aromatic N) is 2. The number of nitrogens with two attached hydrogens (primary N) is 1. The average Bonchev–Trinajstić information content (AvgIpc) is 2.42. The largest absolute Gasteiger partial charge is 0.380 e. The topological polar surface area (TPSA) is 73.1 Å². The van der Waals surface area contributed by atoms with Crippen LogP contribution in [0.5, 0.6) is 0 Å². The SMILES string of the molecule is CCOCC(Nc1nc(N)nc2ccccc12)C(C)C. The molecule has 0 aliphatic rings. The summed E-state index contributed by atoms with van der Waals surface area (Å²) in [6.45, 7) is 7.66. The van der Waals surface area contributed by atoms with Crippen LogP contribution in [0, 0.1) is 5.92 Å². The maximum absolute atomic E-state index is 5.78. The Morgan fingerprint density at radius 3 is 2.70 bits per heavy atom. The van der Waals surface area contributed by atoms with Gasteiger partial charge >= 0.3 is 0 Å². The van der Waals surface area contributed by atoms with Crippen molar-refractivity contribution in [2.75, 3.05) is 24.3 Å². The minimum absolute atomic E-state index is 0.188. The summed E-state index contributed by atoms with van der Waals surface area (Å²) in [5.41, 5.74) is 6.63. The first-order valence-electron chi connectivity index (χ1n) is 6.98. The fourth-order valence-corrected chi connectivity index (χ4v) is 2.03. The first-order valence-corrected chi connectivity index (χ1v) is 6.98. The van der Waals surface area contributed by atoms with Gasteiger partial charge in [-0.3, -0.25) is 0 Å². The van der Waals surface area contributed by atoms with Crippen LogP contribution in [0.3, 0.4) is 0 Å². The zero-order valence-electron chi connectivity index (χ0n) is 12.3. The zero-order valence-corrected chi connectivity index (χ0v) is 12.3. The van der Waals surface area contributed by atoms with E-state index in [0.717, 1.165) is 16.7 Å². The molecule has 2 aromatic rings. The van der Waals surface area contributed by atoms with Crippen LogP contribution in [0.15, 0.2) is 24.3 Å². The number of rotatable bonds is 6. The van der Waals surface area contributed by atoms with Gasteiger partial charge in [-0.05, 0) is 25.0 Å². The number of benzene rings is 1. The van der Waals surface area contributed by atoms with Crippen LogP contribution in [0.1, 0.15) is 20.8 Å². The number of nitrogens with one attached hydrogen (secondary N) is 1. The highest BCUT2D eigenvalue weighted by Gasteiger charge is 2.16. The van der Waals surface area contributed by atoms with Gasteiger partial charge in [0.15, 0.2) is 0 Å². The first kappa shape index (κ1) is 14.5. The third kappa shape index (κ3) is 3.36. The summed E-state index contributed by atoms with van der Waals surface area (Å²) in [6, 6.07) is 8.03. The second-order valence-electron chi connectivity index (χ2n) is 5.10. The van der Waals surface area contributed by atoms with E-state index in [1.165, 1.54) is 0 Å². The Morgan fingerprint density at radius 1 is 1.25 bits per heavy atom. The van der Waals surface area contributed by atoms with Crippen molar-refractivity contribution in [2.45, 2.75) is 26.8 Å². The van der Waals surface area contributed by atoms with Crippen molar-refractivity contribution < 1.29 is 4.74 Å². The molecule has 0 aliphatic heterocycles. The predicted octanol–water partition coefficient (Wildman–Crippen LogP) is 2.69. The molecular weight excluding hydrogens is 252 g/mol. The van der Waals surface area contributed by atoms with E-state index in [1.54, 1.807) is 0 Å². The average molecular weight is 274 g/mol. The van der Waals surface area contributed by atoms with E-state index < -0.39 is 0 Å². The van der Waals surface area contributed by atoms with Crippen LogP contribution in [0.2, 0.25) is 0 Å². The van der Waals surface area contributed by atoms with Crippen molar-refractivity contribution in [1.82, 2.24) is 9.97 Å². The fourth-order valence-electron chi connectivity index (χ4n) is 2.03. The van der Waals surface area contributed by atoms with Crippen LogP contribution in [-0.2, 0) is 4.74 Å². The van der Waals surface area contributed by atoms with E-state index in [1.807, 2.05) is 31.2 Å². The molecule has 5 heteroatoms. The van der Waals surface area contributed by atoms with Crippen LogP contribution in [0.25, 0.3) is 10.9 Å². The lowest BCUT2D eigenvalue weighted by Crippen LogP contribution is -2.31. The quantitative estimate of drug-likeness (QED) is 0.847. The van der Waals surface area contributed by atoms with E-state index in [2.05, 4.69) is 29.1 Å². The Labute approximate surface area is 119 Å². The van der Waals surface area contributed by atoms with Crippen LogP contribution < -0.4 is 11.1 Å². The van der Waals surface area contributed by atoms with E-state index in [4.69, 9.17) is 10.5 Å². The molecule has 3 N–H and O–H groups in total. The summed E-state index contributed by atoms with van der Waals surface area (Å²) in [7, 11) is 0. The molecule has 0 radical (unpaired) electrons. The van der Waals surface area contributed by atoms with E-state index in [-0.39, 0.29) is 12.0 Å². The molecule has 0 aliphatic carbocycles. The first-order chi connectivity index (χ1) is 9.61. The molecule has 0 saturated carbocycles. The van der Waals surface area contributed by atoms with Crippen molar-refractivity contribution in [3.8, 4) is 0 Å². The van der Waals surface area contributed by atoms with Gasteiger partial charge in [-0.15, -0.1) is 0 Å². The fraction of sp³-hybridized carbons (Fsp3) is 0.467. The molecule has 1 aromatic carbocycles. The molecule has 1 heterocycles. The lowest BCUT2D eigenvalue weighted by Gasteiger charge is -2.23. The van der Waals surface area contributed by atoms with E-state index in [0.29, 0.717) is 19.1 Å². The van der Waals surface area contributed by atoms with Gasteiger partial charge in [0.25, 0.3) is 0 Å². The van der Waals surface area contributed by atoms with Gasteiger partial charge in [0, 0.05) is 12.0 Å². The molecule has 2 rings (SSSR count). The molecule has 0 amide bonds. The zero-order chi connectivity index (χ0) is 14.5. The van der Waals surface area contributed by atoms with Crippen LogP contribution >= 0.6 is 0 Å². The highest BCUT2D eigenvalue weighted by atomic mass is 16.5. The van der Waals surface area contributed by atoms with Crippen molar-refractivity contribution >= 4 is 22.7 Å². The van der Waals surface area contributed by atoms with Crippen LogP contribution in [0.4, 0.5) is 11.8 Å². The van der Waals surface area contributed by atoms with E-state index in [9.17, 15) is 0 Å². The van der Waals surface area contributed by atoms with E-state index >= 15 is 0 Å². The second-order valence-corrected chi connectivity index (χ2v) is 5.10. The Kier molecular flexibility index (Phi) is 4.74. The Hall–Kier alpha value is -1.88. The summed E-state index contributed by atoms with van der Waals surface area (Å²) in [6.07, 6.45) is 0. The molecule has 20 heavy (non-hydrogen) atoms. The van der Waals surface area contributed by atoms with Gasteiger partial charge in [-0.2, -0.15) is 4.98 Å². The molecule has 0 saturated heterocycles. The van der Waals surface area contributed by atoms with Crippen molar-refractivity contribution in [2.24, 2.45) is 5.92 Å². The van der Waals surface area contributed by atoms with Gasteiger partial charge in [0.05, 0.1) is 18.2 Å².